The van der Waals surface area contributed by atoms with E-state index in [1.54, 1.807) is 0 Å². The topological polar surface area (TPSA) is 15.3 Å². The first kappa shape index (κ1) is 21.4. The molecule has 0 saturated carbocycles. The fourth-order valence-electron chi connectivity index (χ4n) is 2.73. The van der Waals surface area contributed by atoms with Crippen molar-refractivity contribution >= 4 is 47.4 Å². The Morgan fingerprint density at radius 2 is 1.62 bits per heavy atom. The van der Waals surface area contributed by atoms with E-state index in [0.29, 0.717) is 6.04 Å². The minimum absolute atomic E-state index is 0. The van der Waals surface area contributed by atoms with Crippen molar-refractivity contribution in [3.05, 3.63) is 33.4 Å². The van der Waals surface area contributed by atoms with Crippen molar-refractivity contribution < 1.29 is 0 Å². The Balaban J connectivity index is 0.00000200. The van der Waals surface area contributed by atoms with Crippen molar-refractivity contribution in [2.75, 3.05) is 26.2 Å². The molecule has 0 amide bonds. The Labute approximate surface area is 155 Å². The molecule has 1 aromatic rings. The summed E-state index contributed by atoms with van der Waals surface area (Å²) in [4.78, 5) is 2.65. The van der Waals surface area contributed by atoms with Crippen LogP contribution >= 0.6 is 47.4 Å². The third-order valence-electron chi connectivity index (χ3n) is 3.86. The zero-order chi connectivity index (χ0) is 13.7. The number of halogens is 3. The third-order valence-corrected chi connectivity index (χ3v) is 4.58. The molecule has 2 nitrogen and oxygen atoms in total. The molecular weight excluding hydrogens is 418 g/mol. The van der Waals surface area contributed by atoms with Crippen molar-refractivity contribution in [1.29, 1.82) is 0 Å². The summed E-state index contributed by atoms with van der Waals surface area (Å²) in [5.74, 6) is 0.786. The maximum Gasteiger partial charge on any atom is 0.0349 e. The van der Waals surface area contributed by atoms with Crippen LogP contribution in [0.15, 0.2) is 24.3 Å². The highest BCUT2D eigenvalue weighted by molar-refractivity contribution is 14.1. The van der Waals surface area contributed by atoms with Gasteiger partial charge in [0.15, 0.2) is 0 Å². The highest BCUT2D eigenvalue weighted by Gasteiger charge is 2.22. The molecule has 0 spiro atoms. The summed E-state index contributed by atoms with van der Waals surface area (Å²) in [5, 5.41) is 3.45. The maximum atomic E-state index is 3.45. The molecule has 0 radical (unpaired) electrons. The van der Waals surface area contributed by atoms with E-state index in [4.69, 9.17) is 0 Å². The predicted octanol–water partition coefficient (Wildman–Crippen LogP) is 4.52. The van der Waals surface area contributed by atoms with Crippen LogP contribution in [0.25, 0.3) is 0 Å². The molecule has 1 aliphatic heterocycles. The van der Waals surface area contributed by atoms with Crippen LogP contribution in [-0.4, -0.2) is 31.1 Å². The van der Waals surface area contributed by atoms with Gasteiger partial charge in [0.25, 0.3) is 0 Å². The van der Waals surface area contributed by atoms with E-state index in [-0.39, 0.29) is 24.8 Å². The van der Waals surface area contributed by atoms with Gasteiger partial charge in [-0.1, -0.05) is 26.0 Å². The summed E-state index contributed by atoms with van der Waals surface area (Å²) >= 11 is 2.38. The second-order valence-corrected chi connectivity index (χ2v) is 7.07. The number of nitrogens with one attached hydrogen (secondary N) is 1. The number of benzene rings is 1. The van der Waals surface area contributed by atoms with Crippen molar-refractivity contribution in [2.24, 2.45) is 5.92 Å². The quantitative estimate of drug-likeness (QED) is 0.671. The molecule has 2 rings (SSSR count). The maximum absolute atomic E-state index is 3.45. The average Bonchev–Trinajstić information content (AvgIpc) is 2.42. The summed E-state index contributed by atoms with van der Waals surface area (Å²) in [6.45, 7) is 9.25. The zero-order valence-corrected chi connectivity index (χ0v) is 16.6. The normalized spacial score (nSPS) is 17.0. The van der Waals surface area contributed by atoms with Gasteiger partial charge in [0.1, 0.15) is 0 Å². The van der Waals surface area contributed by atoms with Crippen LogP contribution < -0.4 is 5.32 Å². The summed E-state index contributed by atoms with van der Waals surface area (Å²) < 4.78 is 1.32. The summed E-state index contributed by atoms with van der Waals surface area (Å²) in [5.41, 5.74) is 1.49. The standard InChI is InChI=1S/C16H25IN2.2ClH/c1-13(2)3-8-16(19-11-9-18-10-12-19)14-4-6-15(17)7-5-14;;/h4-7,13,16,18H,3,8-12H2,1-2H3;2*1H/t16-;;/m1../s1. The zero-order valence-electron chi connectivity index (χ0n) is 12.8. The van der Waals surface area contributed by atoms with Crippen LogP contribution in [0.5, 0.6) is 0 Å². The largest absolute Gasteiger partial charge is 0.314 e. The monoisotopic (exact) mass is 444 g/mol. The van der Waals surface area contributed by atoms with Gasteiger partial charge < -0.3 is 5.32 Å². The van der Waals surface area contributed by atoms with Crippen LogP contribution in [0.4, 0.5) is 0 Å². The van der Waals surface area contributed by atoms with Crippen LogP contribution in [0.2, 0.25) is 0 Å². The smallest absolute Gasteiger partial charge is 0.0349 e. The van der Waals surface area contributed by atoms with Gasteiger partial charge in [-0.05, 0) is 59.0 Å². The molecule has 1 saturated heterocycles. The lowest BCUT2D eigenvalue weighted by molar-refractivity contribution is 0.160. The molecule has 0 aliphatic carbocycles. The molecule has 1 aliphatic rings. The SMILES string of the molecule is CC(C)CC[C@H](c1ccc(I)cc1)N1CCNCC1.Cl.Cl. The highest BCUT2D eigenvalue weighted by atomic mass is 127. The van der Waals surface area contributed by atoms with E-state index in [9.17, 15) is 0 Å². The summed E-state index contributed by atoms with van der Waals surface area (Å²) in [6, 6.07) is 9.70. The molecule has 1 fully saturated rings. The minimum atomic E-state index is 0. The van der Waals surface area contributed by atoms with E-state index in [1.165, 1.54) is 35.1 Å². The van der Waals surface area contributed by atoms with Gasteiger partial charge in [0.05, 0.1) is 0 Å². The molecule has 0 aromatic heterocycles. The van der Waals surface area contributed by atoms with Crippen molar-refractivity contribution in [2.45, 2.75) is 32.7 Å². The van der Waals surface area contributed by atoms with Gasteiger partial charge in [-0.15, -0.1) is 24.8 Å². The van der Waals surface area contributed by atoms with E-state index in [1.807, 2.05) is 0 Å². The lowest BCUT2D eigenvalue weighted by Crippen LogP contribution is -2.45. The lowest BCUT2D eigenvalue weighted by atomic mass is 9.96. The van der Waals surface area contributed by atoms with Gasteiger partial charge in [0, 0.05) is 35.8 Å². The molecule has 0 unspecified atom stereocenters. The first-order chi connectivity index (χ1) is 9.16. The van der Waals surface area contributed by atoms with Crippen molar-refractivity contribution in [1.82, 2.24) is 10.2 Å². The van der Waals surface area contributed by atoms with Crippen LogP contribution in [0, 0.1) is 9.49 Å². The minimum Gasteiger partial charge on any atom is -0.314 e. The lowest BCUT2D eigenvalue weighted by Gasteiger charge is -2.35. The van der Waals surface area contributed by atoms with Gasteiger partial charge >= 0.3 is 0 Å². The second-order valence-electron chi connectivity index (χ2n) is 5.82. The Morgan fingerprint density at radius 1 is 1.05 bits per heavy atom. The van der Waals surface area contributed by atoms with E-state index in [2.05, 4.69) is 70.9 Å². The fraction of sp³-hybridized carbons (Fsp3) is 0.625. The molecule has 1 heterocycles. The Morgan fingerprint density at radius 3 is 2.14 bits per heavy atom. The number of nitrogens with zero attached hydrogens (tertiary/aromatic N) is 1. The molecule has 5 heteroatoms. The average molecular weight is 445 g/mol. The van der Waals surface area contributed by atoms with Crippen LogP contribution in [-0.2, 0) is 0 Å². The van der Waals surface area contributed by atoms with E-state index >= 15 is 0 Å². The number of hydrogen-bond donors (Lipinski definition) is 1. The van der Waals surface area contributed by atoms with Gasteiger partial charge in [-0.2, -0.15) is 0 Å². The summed E-state index contributed by atoms with van der Waals surface area (Å²) in [6.07, 6.45) is 2.58. The van der Waals surface area contributed by atoms with Crippen molar-refractivity contribution in [3.8, 4) is 0 Å². The van der Waals surface area contributed by atoms with Gasteiger partial charge in [-0.3, -0.25) is 4.90 Å². The Kier molecular flexibility index (Phi) is 11.3. The van der Waals surface area contributed by atoms with Gasteiger partial charge in [0.2, 0.25) is 0 Å². The Bertz CT molecular complexity index is 378. The molecule has 1 N–H and O–H groups in total. The molecule has 1 aromatic carbocycles. The first-order valence-electron chi connectivity index (χ1n) is 7.37. The molecule has 0 bridgehead atoms. The third kappa shape index (κ3) is 7.04. The molecular formula is C16H27Cl2IN2. The molecule has 1 atom stereocenters. The highest BCUT2D eigenvalue weighted by Crippen LogP contribution is 2.28. The van der Waals surface area contributed by atoms with Crippen molar-refractivity contribution in [3.63, 3.8) is 0 Å². The van der Waals surface area contributed by atoms with E-state index in [0.717, 1.165) is 19.0 Å². The number of hydrogen-bond acceptors (Lipinski definition) is 2. The second kappa shape index (κ2) is 11.1. The Hall–Kier alpha value is 0.450. The predicted molar refractivity (Wildman–Crippen MR) is 105 cm³/mol. The molecule has 21 heavy (non-hydrogen) atoms. The number of rotatable bonds is 5. The first-order valence-corrected chi connectivity index (χ1v) is 8.45. The number of piperazine rings is 1. The van der Waals surface area contributed by atoms with Crippen LogP contribution in [0.3, 0.4) is 0 Å². The van der Waals surface area contributed by atoms with Gasteiger partial charge in [-0.25, -0.2) is 0 Å². The van der Waals surface area contributed by atoms with Crippen LogP contribution in [0.1, 0.15) is 38.3 Å². The summed E-state index contributed by atoms with van der Waals surface area (Å²) in [7, 11) is 0. The fourth-order valence-corrected chi connectivity index (χ4v) is 3.09. The molecule has 122 valence electrons. The van der Waals surface area contributed by atoms with E-state index < -0.39 is 0 Å².